The number of ether oxygens (including phenoxy) is 1. The highest BCUT2D eigenvalue weighted by atomic mass is 32.2. The quantitative estimate of drug-likeness (QED) is 0.402. The highest BCUT2D eigenvalue weighted by Crippen LogP contribution is 2.19. The van der Waals surface area contributed by atoms with Crippen molar-refractivity contribution in [1.82, 2.24) is 4.31 Å². The van der Waals surface area contributed by atoms with Crippen LogP contribution in [0.25, 0.3) is 0 Å². The standard InChI is InChI=1S/C21H26N2O6S2/c1-4-23(5-2)31(27,28)17-9-7-16(8-10-17)22-20(25)14-29-21(26)13-11-18(24)19-12-6-15(3)30-19/h6-10,12H,4-5,11,13-14H2,1-3H3,(H,22,25). The first kappa shape index (κ1) is 24.7. The maximum Gasteiger partial charge on any atom is 0.306 e. The highest BCUT2D eigenvalue weighted by molar-refractivity contribution is 7.89. The van der Waals surface area contributed by atoms with Crippen LogP contribution in [0.2, 0.25) is 0 Å². The third-order valence-corrected chi connectivity index (χ3v) is 7.52. The topological polar surface area (TPSA) is 110 Å². The lowest BCUT2D eigenvalue weighted by atomic mass is 10.2. The first-order valence-electron chi connectivity index (χ1n) is 9.82. The molecule has 0 aliphatic heterocycles. The van der Waals surface area contributed by atoms with Crippen molar-refractivity contribution in [3.8, 4) is 0 Å². The van der Waals surface area contributed by atoms with E-state index >= 15 is 0 Å². The number of esters is 1. The van der Waals surface area contributed by atoms with E-state index in [1.54, 1.807) is 19.9 Å². The largest absolute Gasteiger partial charge is 0.456 e. The van der Waals surface area contributed by atoms with Gasteiger partial charge >= 0.3 is 5.97 Å². The van der Waals surface area contributed by atoms with Gasteiger partial charge in [0.25, 0.3) is 5.91 Å². The average Bonchev–Trinajstić information content (AvgIpc) is 3.18. The molecule has 0 fully saturated rings. The molecule has 0 radical (unpaired) electrons. The molecule has 0 aliphatic rings. The summed E-state index contributed by atoms with van der Waals surface area (Å²) in [5, 5.41) is 2.54. The molecule has 0 aliphatic carbocycles. The molecule has 31 heavy (non-hydrogen) atoms. The molecule has 168 valence electrons. The number of carbonyl (C=O) groups is 3. The van der Waals surface area contributed by atoms with Gasteiger partial charge in [-0.25, -0.2) is 8.42 Å². The molecule has 0 unspecified atom stereocenters. The maximum absolute atomic E-state index is 12.5. The summed E-state index contributed by atoms with van der Waals surface area (Å²) in [5.74, 6) is -1.34. The highest BCUT2D eigenvalue weighted by Gasteiger charge is 2.21. The molecule has 1 N–H and O–H groups in total. The Morgan fingerprint density at radius 3 is 2.19 bits per heavy atom. The summed E-state index contributed by atoms with van der Waals surface area (Å²) in [7, 11) is -3.58. The van der Waals surface area contributed by atoms with E-state index in [1.807, 2.05) is 13.0 Å². The zero-order valence-corrected chi connectivity index (χ0v) is 19.3. The molecule has 0 saturated carbocycles. The molecule has 1 heterocycles. The number of amides is 1. The number of nitrogens with one attached hydrogen (secondary N) is 1. The van der Waals surface area contributed by atoms with Crippen LogP contribution in [0, 0.1) is 6.92 Å². The number of Topliss-reactive ketones (excluding diaryl/α,β-unsaturated/α-hetero) is 1. The van der Waals surface area contributed by atoms with Crippen LogP contribution >= 0.6 is 11.3 Å². The van der Waals surface area contributed by atoms with E-state index in [-0.39, 0.29) is 23.5 Å². The molecule has 0 saturated heterocycles. The fraction of sp³-hybridized carbons (Fsp3) is 0.381. The number of nitrogens with zero attached hydrogens (tertiary/aromatic N) is 1. The third kappa shape index (κ3) is 6.98. The number of sulfonamides is 1. The third-order valence-electron chi connectivity index (χ3n) is 4.42. The number of ketones is 1. The van der Waals surface area contributed by atoms with Gasteiger partial charge in [0.05, 0.1) is 16.2 Å². The molecule has 0 bridgehead atoms. The lowest BCUT2D eigenvalue weighted by Crippen LogP contribution is -2.30. The Morgan fingerprint density at radius 2 is 1.65 bits per heavy atom. The van der Waals surface area contributed by atoms with Gasteiger partial charge in [0.2, 0.25) is 10.0 Å². The van der Waals surface area contributed by atoms with Crippen LogP contribution in [-0.2, 0) is 24.3 Å². The minimum Gasteiger partial charge on any atom is -0.456 e. The lowest BCUT2D eigenvalue weighted by Gasteiger charge is -2.18. The lowest BCUT2D eigenvalue weighted by molar-refractivity contribution is -0.147. The van der Waals surface area contributed by atoms with Gasteiger partial charge in [-0.1, -0.05) is 13.8 Å². The first-order chi connectivity index (χ1) is 14.7. The number of thiophene rings is 1. The van der Waals surface area contributed by atoms with Crippen LogP contribution in [0.3, 0.4) is 0 Å². The van der Waals surface area contributed by atoms with Crippen LogP contribution in [0.4, 0.5) is 5.69 Å². The van der Waals surface area contributed by atoms with Crippen LogP contribution in [0.15, 0.2) is 41.3 Å². The number of aryl methyl sites for hydroxylation is 1. The summed E-state index contributed by atoms with van der Waals surface area (Å²) in [6, 6.07) is 9.32. The molecule has 2 rings (SSSR count). The maximum atomic E-state index is 12.5. The van der Waals surface area contributed by atoms with Crippen molar-refractivity contribution in [2.75, 3.05) is 25.0 Å². The summed E-state index contributed by atoms with van der Waals surface area (Å²) in [6.45, 7) is 5.64. The second kappa shape index (κ2) is 11.2. The zero-order valence-electron chi connectivity index (χ0n) is 17.7. The summed E-state index contributed by atoms with van der Waals surface area (Å²) in [4.78, 5) is 37.5. The number of hydrogen-bond acceptors (Lipinski definition) is 7. The van der Waals surface area contributed by atoms with Gasteiger partial charge in [0.1, 0.15) is 0 Å². The Kier molecular flexibility index (Phi) is 8.90. The van der Waals surface area contributed by atoms with Crippen molar-refractivity contribution >= 4 is 44.7 Å². The molecule has 2 aromatic rings. The van der Waals surface area contributed by atoms with Gasteiger partial charge in [0.15, 0.2) is 12.4 Å². The Balaban J connectivity index is 1.80. The molecular weight excluding hydrogens is 440 g/mol. The molecule has 0 atom stereocenters. The number of rotatable bonds is 11. The van der Waals surface area contributed by atoms with E-state index in [9.17, 15) is 22.8 Å². The van der Waals surface area contributed by atoms with Crippen molar-refractivity contribution in [1.29, 1.82) is 0 Å². The van der Waals surface area contributed by atoms with Gasteiger partial charge in [0, 0.05) is 30.1 Å². The Hall–Kier alpha value is -2.56. The van der Waals surface area contributed by atoms with E-state index in [1.165, 1.54) is 39.9 Å². The average molecular weight is 467 g/mol. The normalized spacial score (nSPS) is 11.4. The van der Waals surface area contributed by atoms with Crippen LogP contribution in [0.5, 0.6) is 0 Å². The second-order valence-electron chi connectivity index (χ2n) is 6.66. The van der Waals surface area contributed by atoms with Crippen molar-refractivity contribution in [2.45, 2.75) is 38.5 Å². The minimum absolute atomic E-state index is 0.0167. The molecule has 0 spiro atoms. The molecule has 8 nitrogen and oxygen atoms in total. The Labute approximate surface area is 186 Å². The van der Waals surface area contributed by atoms with Gasteiger partial charge in [-0.05, 0) is 43.3 Å². The Morgan fingerprint density at radius 1 is 1.00 bits per heavy atom. The Bertz CT molecular complexity index is 1020. The van der Waals surface area contributed by atoms with Crippen molar-refractivity contribution in [2.24, 2.45) is 0 Å². The molecule has 1 amide bonds. The minimum atomic E-state index is -3.58. The van der Waals surface area contributed by atoms with E-state index in [2.05, 4.69) is 5.32 Å². The van der Waals surface area contributed by atoms with Gasteiger partial charge in [-0.3, -0.25) is 14.4 Å². The van der Waals surface area contributed by atoms with Crippen molar-refractivity contribution in [3.05, 3.63) is 46.2 Å². The SMILES string of the molecule is CCN(CC)S(=O)(=O)c1ccc(NC(=O)COC(=O)CCC(=O)c2ccc(C)s2)cc1. The molecule has 1 aromatic carbocycles. The van der Waals surface area contributed by atoms with E-state index in [0.717, 1.165) is 4.88 Å². The fourth-order valence-electron chi connectivity index (χ4n) is 2.76. The monoisotopic (exact) mass is 466 g/mol. The molecule has 1 aromatic heterocycles. The summed E-state index contributed by atoms with van der Waals surface area (Å²) >= 11 is 1.37. The predicted molar refractivity (Wildman–Crippen MR) is 119 cm³/mol. The van der Waals surface area contributed by atoms with E-state index < -0.39 is 28.5 Å². The van der Waals surface area contributed by atoms with Crippen LogP contribution < -0.4 is 5.32 Å². The van der Waals surface area contributed by atoms with Crippen LogP contribution in [-0.4, -0.2) is 50.1 Å². The molecule has 10 heteroatoms. The van der Waals surface area contributed by atoms with Gasteiger partial charge in [-0.2, -0.15) is 4.31 Å². The number of anilines is 1. The number of benzene rings is 1. The fourth-order valence-corrected chi connectivity index (χ4v) is 5.05. The van der Waals surface area contributed by atoms with Crippen molar-refractivity contribution < 1.29 is 27.5 Å². The van der Waals surface area contributed by atoms with E-state index in [0.29, 0.717) is 23.7 Å². The van der Waals surface area contributed by atoms with Gasteiger partial charge in [-0.15, -0.1) is 11.3 Å². The predicted octanol–water partition coefficient (Wildman–Crippen LogP) is 3.23. The summed E-state index contributed by atoms with van der Waals surface area (Å²) in [6.07, 6.45) is -0.0934. The summed E-state index contributed by atoms with van der Waals surface area (Å²) < 4.78 is 31.2. The second-order valence-corrected chi connectivity index (χ2v) is 9.88. The number of carbonyl (C=O) groups excluding carboxylic acids is 3. The first-order valence-corrected chi connectivity index (χ1v) is 12.1. The number of hydrogen-bond donors (Lipinski definition) is 1. The van der Waals surface area contributed by atoms with Crippen molar-refractivity contribution in [3.63, 3.8) is 0 Å². The molecular formula is C21H26N2O6S2. The van der Waals surface area contributed by atoms with Crippen LogP contribution in [0.1, 0.15) is 41.2 Å². The smallest absolute Gasteiger partial charge is 0.306 e. The van der Waals surface area contributed by atoms with Gasteiger partial charge < -0.3 is 10.1 Å². The van der Waals surface area contributed by atoms with E-state index in [4.69, 9.17) is 4.74 Å². The summed E-state index contributed by atoms with van der Waals surface area (Å²) in [5.41, 5.74) is 0.378. The zero-order chi connectivity index (χ0) is 23.0.